The van der Waals surface area contributed by atoms with Crippen LogP contribution in [0.25, 0.3) is 11.3 Å². The molecule has 0 aliphatic rings. The molecule has 0 unspecified atom stereocenters. The summed E-state index contributed by atoms with van der Waals surface area (Å²) in [6.45, 7) is 1.26. The maximum absolute atomic E-state index is 5.44. The fourth-order valence-corrected chi connectivity index (χ4v) is 1.82. The van der Waals surface area contributed by atoms with Crippen LogP contribution in [0.2, 0.25) is 0 Å². The number of nitrogens with zero attached hydrogens (tertiary/aromatic N) is 3. The zero-order valence-corrected chi connectivity index (χ0v) is 9.68. The van der Waals surface area contributed by atoms with Crippen LogP contribution in [0.4, 0.5) is 0 Å². The molecule has 78 valence electrons. The summed E-state index contributed by atoms with van der Waals surface area (Å²) < 4.78 is 2.76. The number of nitrogens with two attached hydrogens (primary N) is 1. The first kappa shape index (κ1) is 10.3. The Kier molecular flexibility index (Phi) is 3.13. The molecular weight excluding hydrogens is 256 g/mol. The highest BCUT2D eigenvalue weighted by atomic mass is 79.9. The number of rotatable bonds is 3. The Bertz CT molecular complexity index is 452. The number of hydrogen-bond acceptors (Lipinski definition) is 3. The van der Waals surface area contributed by atoms with E-state index in [1.54, 1.807) is 4.68 Å². The number of halogens is 1. The predicted octanol–water partition coefficient (Wildman–Crippen LogP) is 1.67. The molecule has 2 rings (SSSR count). The van der Waals surface area contributed by atoms with Crippen LogP contribution in [0, 0.1) is 0 Å². The van der Waals surface area contributed by atoms with E-state index in [-0.39, 0.29) is 0 Å². The van der Waals surface area contributed by atoms with E-state index in [0.717, 1.165) is 15.7 Å². The van der Waals surface area contributed by atoms with Crippen molar-refractivity contribution in [1.29, 1.82) is 0 Å². The second kappa shape index (κ2) is 4.55. The SMILES string of the molecule is NCCn1cc(-c2ccccc2Br)nn1. The summed E-state index contributed by atoms with van der Waals surface area (Å²) in [5.74, 6) is 0. The van der Waals surface area contributed by atoms with Crippen LogP contribution in [0.5, 0.6) is 0 Å². The van der Waals surface area contributed by atoms with E-state index in [9.17, 15) is 0 Å². The van der Waals surface area contributed by atoms with Gasteiger partial charge in [-0.25, -0.2) is 0 Å². The van der Waals surface area contributed by atoms with Gasteiger partial charge in [-0.1, -0.05) is 39.3 Å². The van der Waals surface area contributed by atoms with E-state index < -0.39 is 0 Å². The highest BCUT2D eigenvalue weighted by Crippen LogP contribution is 2.25. The number of hydrogen-bond donors (Lipinski definition) is 1. The maximum Gasteiger partial charge on any atom is 0.114 e. The first-order chi connectivity index (χ1) is 7.31. The van der Waals surface area contributed by atoms with Gasteiger partial charge in [0.2, 0.25) is 0 Å². The largest absolute Gasteiger partial charge is 0.329 e. The van der Waals surface area contributed by atoms with E-state index in [1.807, 2.05) is 30.5 Å². The second-order valence-electron chi connectivity index (χ2n) is 3.14. The van der Waals surface area contributed by atoms with Gasteiger partial charge in [0, 0.05) is 16.6 Å². The normalized spacial score (nSPS) is 10.5. The topological polar surface area (TPSA) is 56.7 Å². The Hall–Kier alpha value is -1.20. The maximum atomic E-state index is 5.44. The molecule has 0 fully saturated rings. The van der Waals surface area contributed by atoms with Crippen LogP contribution in [0.15, 0.2) is 34.9 Å². The fraction of sp³-hybridized carbons (Fsp3) is 0.200. The second-order valence-corrected chi connectivity index (χ2v) is 3.99. The van der Waals surface area contributed by atoms with E-state index in [4.69, 9.17) is 5.73 Å². The molecule has 15 heavy (non-hydrogen) atoms. The van der Waals surface area contributed by atoms with Crippen molar-refractivity contribution in [1.82, 2.24) is 15.0 Å². The van der Waals surface area contributed by atoms with Gasteiger partial charge in [0.15, 0.2) is 0 Å². The van der Waals surface area contributed by atoms with Crippen molar-refractivity contribution < 1.29 is 0 Å². The Morgan fingerprint density at radius 3 is 2.87 bits per heavy atom. The summed E-state index contributed by atoms with van der Waals surface area (Å²) >= 11 is 3.48. The molecular formula is C10H11BrN4. The Balaban J connectivity index is 2.33. The first-order valence-electron chi connectivity index (χ1n) is 4.66. The lowest BCUT2D eigenvalue weighted by Crippen LogP contribution is -2.10. The van der Waals surface area contributed by atoms with Crippen molar-refractivity contribution in [3.05, 3.63) is 34.9 Å². The molecule has 1 heterocycles. The molecule has 4 nitrogen and oxygen atoms in total. The summed E-state index contributed by atoms with van der Waals surface area (Å²) in [6.07, 6.45) is 1.90. The minimum Gasteiger partial charge on any atom is -0.329 e. The fourth-order valence-electron chi connectivity index (χ4n) is 1.33. The van der Waals surface area contributed by atoms with Gasteiger partial charge in [0.1, 0.15) is 5.69 Å². The van der Waals surface area contributed by atoms with E-state index in [2.05, 4.69) is 26.2 Å². The Labute approximate surface area is 96.2 Å². The Morgan fingerprint density at radius 1 is 1.33 bits per heavy atom. The van der Waals surface area contributed by atoms with Crippen LogP contribution in [0.1, 0.15) is 0 Å². The van der Waals surface area contributed by atoms with Crippen molar-refractivity contribution in [2.24, 2.45) is 5.73 Å². The zero-order valence-electron chi connectivity index (χ0n) is 8.10. The first-order valence-corrected chi connectivity index (χ1v) is 5.45. The van der Waals surface area contributed by atoms with Gasteiger partial charge < -0.3 is 5.73 Å². The van der Waals surface area contributed by atoms with Gasteiger partial charge in [-0.2, -0.15) is 0 Å². The third-order valence-corrected chi connectivity index (χ3v) is 2.74. The highest BCUT2D eigenvalue weighted by Gasteiger charge is 2.06. The van der Waals surface area contributed by atoms with Gasteiger partial charge in [0.25, 0.3) is 0 Å². The molecule has 0 aliphatic carbocycles. The van der Waals surface area contributed by atoms with Crippen LogP contribution in [-0.4, -0.2) is 21.5 Å². The third kappa shape index (κ3) is 2.24. The summed E-state index contributed by atoms with van der Waals surface area (Å²) in [5.41, 5.74) is 7.34. The van der Waals surface area contributed by atoms with Gasteiger partial charge in [-0.15, -0.1) is 5.10 Å². The predicted molar refractivity (Wildman–Crippen MR) is 62.2 cm³/mol. The quantitative estimate of drug-likeness (QED) is 0.920. The summed E-state index contributed by atoms with van der Waals surface area (Å²) in [5, 5.41) is 8.08. The number of aromatic nitrogens is 3. The van der Waals surface area contributed by atoms with Gasteiger partial charge >= 0.3 is 0 Å². The summed E-state index contributed by atoms with van der Waals surface area (Å²) in [6, 6.07) is 7.93. The third-order valence-electron chi connectivity index (χ3n) is 2.05. The smallest absolute Gasteiger partial charge is 0.114 e. The van der Waals surface area contributed by atoms with Gasteiger partial charge in [-0.3, -0.25) is 4.68 Å². The van der Waals surface area contributed by atoms with Crippen molar-refractivity contribution in [3.8, 4) is 11.3 Å². The molecule has 2 aromatic rings. The molecule has 0 saturated carbocycles. The molecule has 1 aromatic carbocycles. The Morgan fingerprint density at radius 2 is 2.13 bits per heavy atom. The molecule has 0 atom stereocenters. The molecule has 0 radical (unpaired) electrons. The highest BCUT2D eigenvalue weighted by molar-refractivity contribution is 9.10. The molecule has 0 amide bonds. The molecule has 0 aliphatic heterocycles. The van der Waals surface area contributed by atoms with E-state index >= 15 is 0 Å². The monoisotopic (exact) mass is 266 g/mol. The lowest BCUT2D eigenvalue weighted by Gasteiger charge is -1.98. The zero-order chi connectivity index (χ0) is 10.7. The summed E-state index contributed by atoms with van der Waals surface area (Å²) in [4.78, 5) is 0. The van der Waals surface area contributed by atoms with Crippen molar-refractivity contribution in [2.75, 3.05) is 6.54 Å². The van der Waals surface area contributed by atoms with Crippen molar-refractivity contribution in [3.63, 3.8) is 0 Å². The minimum atomic E-state index is 0.568. The van der Waals surface area contributed by atoms with Crippen LogP contribution < -0.4 is 5.73 Å². The van der Waals surface area contributed by atoms with Crippen molar-refractivity contribution in [2.45, 2.75) is 6.54 Å². The van der Waals surface area contributed by atoms with Crippen LogP contribution >= 0.6 is 15.9 Å². The van der Waals surface area contributed by atoms with Crippen LogP contribution in [0.3, 0.4) is 0 Å². The molecule has 2 N–H and O–H groups in total. The van der Waals surface area contributed by atoms with Gasteiger partial charge in [-0.05, 0) is 6.07 Å². The van der Waals surface area contributed by atoms with Crippen LogP contribution in [-0.2, 0) is 6.54 Å². The average molecular weight is 267 g/mol. The lowest BCUT2D eigenvalue weighted by atomic mass is 10.2. The summed E-state index contributed by atoms with van der Waals surface area (Å²) in [7, 11) is 0. The molecule has 5 heteroatoms. The average Bonchev–Trinajstić information content (AvgIpc) is 2.68. The van der Waals surface area contributed by atoms with E-state index in [1.165, 1.54) is 0 Å². The molecule has 0 bridgehead atoms. The van der Waals surface area contributed by atoms with Crippen molar-refractivity contribution >= 4 is 15.9 Å². The molecule has 1 aromatic heterocycles. The molecule has 0 saturated heterocycles. The number of benzene rings is 1. The minimum absolute atomic E-state index is 0.568. The standard InChI is InChI=1S/C10H11BrN4/c11-9-4-2-1-3-8(9)10-7-15(6-5-12)14-13-10/h1-4,7H,5-6,12H2. The molecule has 0 spiro atoms. The van der Waals surface area contributed by atoms with E-state index in [0.29, 0.717) is 13.1 Å². The van der Waals surface area contributed by atoms with Gasteiger partial charge in [0.05, 0.1) is 12.7 Å². The lowest BCUT2D eigenvalue weighted by molar-refractivity contribution is 0.598.